The summed E-state index contributed by atoms with van der Waals surface area (Å²) in [6, 6.07) is 46.0. The molecule has 1 aliphatic carbocycles. The molecule has 0 aliphatic heterocycles. The summed E-state index contributed by atoms with van der Waals surface area (Å²) in [4.78, 5) is 4.81. The van der Waals surface area contributed by atoms with Gasteiger partial charge in [0.25, 0.3) is 0 Å². The predicted octanol–water partition coefficient (Wildman–Crippen LogP) is 11.3. The minimum Gasteiger partial charge on any atom is -0.297 e. The summed E-state index contributed by atoms with van der Waals surface area (Å²) in [5.74, 6) is 0.905. The standard InChI is InChI=1S/C43H32N2/c1-27-44-39-21-10-11-22-40(39)45(27)30-14-12-13-28(25-30)41-33-16-4-6-18-35(33)42(36-19-7-5-17-34(36)41)29-23-24-32-31-15-8-9-20-37(31)43(2,3)38(32)26-29/h4-26H,1-3H3/i2D3,3D3. The molecule has 9 rings (SSSR count). The molecule has 0 unspecified atom stereocenters. The van der Waals surface area contributed by atoms with Gasteiger partial charge in [0.1, 0.15) is 5.82 Å². The molecule has 214 valence electrons. The van der Waals surface area contributed by atoms with E-state index in [-0.39, 0.29) is 0 Å². The topological polar surface area (TPSA) is 17.8 Å². The minimum atomic E-state index is -2.84. The fourth-order valence-corrected chi connectivity index (χ4v) is 7.46. The van der Waals surface area contributed by atoms with Gasteiger partial charge in [0.05, 0.1) is 11.0 Å². The Kier molecular flexibility index (Phi) is 4.33. The highest BCUT2D eigenvalue weighted by Gasteiger charge is 2.35. The Morgan fingerprint density at radius 3 is 1.87 bits per heavy atom. The van der Waals surface area contributed by atoms with Crippen molar-refractivity contribution in [1.29, 1.82) is 0 Å². The molecule has 1 heterocycles. The van der Waals surface area contributed by atoms with Crippen molar-refractivity contribution in [1.82, 2.24) is 9.55 Å². The normalized spacial score (nSPS) is 15.9. The molecule has 0 N–H and O–H groups in total. The largest absolute Gasteiger partial charge is 0.297 e. The van der Waals surface area contributed by atoms with Gasteiger partial charge < -0.3 is 0 Å². The van der Waals surface area contributed by atoms with Crippen molar-refractivity contribution in [3.63, 3.8) is 0 Å². The Balaban J connectivity index is 1.32. The van der Waals surface area contributed by atoms with E-state index in [1.54, 1.807) is 12.1 Å². The molecule has 1 aliphatic rings. The maximum Gasteiger partial charge on any atom is 0.111 e. The first kappa shape index (κ1) is 20.5. The lowest BCUT2D eigenvalue weighted by Gasteiger charge is -2.23. The van der Waals surface area contributed by atoms with Crippen LogP contribution in [0.4, 0.5) is 0 Å². The highest BCUT2D eigenvalue weighted by Crippen LogP contribution is 2.51. The fraction of sp³-hybridized carbons (Fsp3) is 0.0930. The van der Waals surface area contributed by atoms with Crippen LogP contribution in [0.3, 0.4) is 0 Å². The zero-order valence-corrected chi connectivity index (χ0v) is 24.7. The number of aromatic nitrogens is 2. The third-order valence-corrected chi connectivity index (χ3v) is 9.39. The number of hydrogen-bond acceptors (Lipinski definition) is 1. The maximum atomic E-state index is 8.75. The van der Waals surface area contributed by atoms with Crippen LogP contribution >= 0.6 is 0 Å². The average Bonchev–Trinajstić information content (AvgIpc) is 3.62. The lowest BCUT2D eigenvalue weighted by atomic mass is 9.80. The lowest BCUT2D eigenvalue weighted by molar-refractivity contribution is 0.660. The van der Waals surface area contributed by atoms with E-state index in [4.69, 9.17) is 13.2 Å². The van der Waals surface area contributed by atoms with Crippen LogP contribution in [0.25, 0.3) is 71.6 Å². The van der Waals surface area contributed by atoms with Crippen LogP contribution in [-0.4, -0.2) is 9.55 Å². The molecule has 7 aromatic carbocycles. The van der Waals surface area contributed by atoms with Gasteiger partial charge in [0, 0.05) is 19.3 Å². The van der Waals surface area contributed by atoms with Gasteiger partial charge in [-0.3, -0.25) is 4.57 Å². The maximum absolute atomic E-state index is 8.75. The first-order valence-electron chi connectivity index (χ1n) is 18.2. The second-order valence-electron chi connectivity index (χ2n) is 11.9. The SMILES string of the molecule is [2H]C([2H])([2H])C1(C([2H])([2H])[2H])c2ccccc2-c2ccc(-c3c4ccccc4c(-c4cccc(-n5c(C)nc6ccccc65)c4)c4ccccc34)cc21. The van der Waals surface area contributed by atoms with Gasteiger partial charge in [0.15, 0.2) is 0 Å². The van der Waals surface area contributed by atoms with Crippen LogP contribution in [-0.2, 0) is 5.41 Å². The third-order valence-electron chi connectivity index (χ3n) is 9.39. The quantitative estimate of drug-likeness (QED) is 0.189. The predicted molar refractivity (Wildman–Crippen MR) is 189 cm³/mol. The Labute approximate surface area is 271 Å². The molecule has 0 radical (unpaired) electrons. The number of benzene rings is 7. The van der Waals surface area contributed by atoms with Gasteiger partial charge in [-0.2, -0.15) is 0 Å². The monoisotopic (exact) mass is 582 g/mol. The lowest BCUT2D eigenvalue weighted by Crippen LogP contribution is -2.14. The van der Waals surface area contributed by atoms with E-state index in [2.05, 4.69) is 59.2 Å². The highest BCUT2D eigenvalue weighted by molar-refractivity contribution is 6.21. The number of rotatable bonds is 3. The summed E-state index contributed by atoms with van der Waals surface area (Å²) in [5.41, 5.74) is 6.59. The molecule has 0 saturated heterocycles. The third kappa shape index (κ3) is 3.72. The molecule has 2 heteroatoms. The summed E-state index contributed by atoms with van der Waals surface area (Å²) in [6.45, 7) is -3.65. The summed E-state index contributed by atoms with van der Waals surface area (Å²) in [7, 11) is 0. The molecule has 0 amide bonds. The second kappa shape index (κ2) is 9.51. The van der Waals surface area contributed by atoms with Gasteiger partial charge in [-0.15, -0.1) is 0 Å². The smallest absolute Gasteiger partial charge is 0.111 e. The number of hydrogen-bond donors (Lipinski definition) is 0. The van der Waals surface area contributed by atoms with Crippen molar-refractivity contribution in [2.24, 2.45) is 0 Å². The van der Waals surface area contributed by atoms with E-state index >= 15 is 0 Å². The van der Waals surface area contributed by atoms with Gasteiger partial charge in [-0.05, 0) is 103 Å². The van der Waals surface area contributed by atoms with Crippen molar-refractivity contribution in [3.8, 4) is 39.1 Å². The molecular formula is C43H32N2. The Hall–Kier alpha value is -5.47. The van der Waals surface area contributed by atoms with Gasteiger partial charge in [-0.1, -0.05) is 123 Å². The second-order valence-corrected chi connectivity index (χ2v) is 11.9. The zero-order chi connectivity index (χ0) is 35.3. The number of aryl methyl sites for hydroxylation is 1. The van der Waals surface area contributed by atoms with Crippen LogP contribution < -0.4 is 0 Å². The first-order valence-corrected chi connectivity index (χ1v) is 15.2. The zero-order valence-electron chi connectivity index (χ0n) is 30.7. The van der Waals surface area contributed by atoms with E-state index in [0.717, 1.165) is 66.3 Å². The van der Waals surface area contributed by atoms with E-state index in [9.17, 15) is 0 Å². The molecule has 0 fully saturated rings. The molecule has 0 spiro atoms. The van der Waals surface area contributed by atoms with Crippen molar-refractivity contribution < 1.29 is 8.22 Å². The van der Waals surface area contributed by atoms with Crippen LogP contribution in [0, 0.1) is 6.92 Å². The summed E-state index contributed by atoms with van der Waals surface area (Å²) >= 11 is 0. The van der Waals surface area contributed by atoms with Gasteiger partial charge >= 0.3 is 0 Å². The summed E-state index contributed by atoms with van der Waals surface area (Å²) in [5, 5.41) is 4.06. The van der Waals surface area contributed by atoms with Crippen molar-refractivity contribution >= 4 is 32.6 Å². The molecule has 0 atom stereocenters. The van der Waals surface area contributed by atoms with Crippen molar-refractivity contribution in [2.45, 2.75) is 26.0 Å². The molecule has 0 bridgehead atoms. The fourth-order valence-electron chi connectivity index (χ4n) is 7.46. The first-order chi connectivity index (χ1) is 24.5. The van der Waals surface area contributed by atoms with E-state index in [0.29, 0.717) is 22.3 Å². The van der Waals surface area contributed by atoms with Gasteiger partial charge in [-0.25, -0.2) is 4.98 Å². The average molecular weight is 583 g/mol. The van der Waals surface area contributed by atoms with E-state index < -0.39 is 19.1 Å². The summed E-state index contributed by atoms with van der Waals surface area (Å²) in [6.07, 6.45) is 0. The Morgan fingerprint density at radius 2 is 1.16 bits per heavy atom. The van der Waals surface area contributed by atoms with Crippen LogP contribution in [0.1, 0.15) is 38.9 Å². The van der Waals surface area contributed by atoms with Crippen LogP contribution in [0.2, 0.25) is 0 Å². The van der Waals surface area contributed by atoms with Crippen LogP contribution in [0.15, 0.2) is 140 Å². The van der Waals surface area contributed by atoms with E-state index in [1.165, 1.54) is 0 Å². The number of nitrogens with zero attached hydrogens (tertiary/aromatic N) is 2. The summed E-state index contributed by atoms with van der Waals surface area (Å²) < 4.78 is 54.7. The number of para-hydroxylation sites is 2. The molecule has 8 aromatic rings. The molecule has 1 aromatic heterocycles. The highest BCUT2D eigenvalue weighted by atomic mass is 15.1. The van der Waals surface area contributed by atoms with Crippen LogP contribution in [0.5, 0.6) is 0 Å². The number of imidazole rings is 1. The Bertz CT molecular complexity index is 2630. The minimum absolute atomic E-state index is 0.314. The van der Waals surface area contributed by atoms with Crippen molar-refractivity contribution in [2.75, 3.05) is 0 Å². The van der Waals surface area contributed by atoms with E-state index in [1.807, 2.05) is 79.7 Å². The number of fused-ring (bicyclic) bond motifs is 6. The van der Waals surface area contributed by atoms with Gasteiger partial charge in [0.2, 0.25) is 0 Å². The van der Waals surface area contributed by atoms with Crippen molar-refractivity contribution in [3.05, 3.63) is 156 Å². The molecule has 45 heavy (non-hydrogen) atoms. The Morgan fingerprint density at radius 1 is 0.556 bits per heavy atom. The molecular weight excluding hydrogens is 544 g/mol. The molecule has 0 saturated carbocycles. The molecule has 2 nitrogen and oxygen atoms in total.